The smallest absolute Gasteiger partial charge is 0.139 e. The average Bonchev–Trinajstić information content (AvgIpc) is 2.17. The molecule has 2 nitrogen and oxygen atoms in total. The maximum absolute atomic E-state index is 13.4. The van der Waals surface area contributed by atoms with Gasteiger partial charge in [0.15, 0.2) is 0 Å². The van der Waals surface area contributed by atoms with Crippen LogP contribution in [-0.4, -0.2) is 20.7 Å². The Morgan fingerprint density at radius 3 is 2.79 bits per heavy atom. The number of methoxy groups -OCH3 is 1. The summed E-state index contributed by atoms with van der Waals surface area (Å²) in [5.41, 5.74) is 0.488. The Labute approximate surface area is 88.0 Å². The van der Waals surface area contributed by atoms with Crippen molar-refractivity contribution in [2.24, 2.45) is 0 Å². The van der Waals surface area contributed by atoms with Gasteiger partial charge in [0.2, 0.25) is 0 Å². The Hall–Kier alpha value is -0.800. The molecule has 0 fully saturated rings. The van der Waals surface area contributed by atoms with E-state index in [1.165, 1.54) is 0 Å². The lowest BCUT2D eigenvalue weighted by Crippen LogP contribution is -2.14. The summed E-state index contributed by atoms with van der Waals surface area (Å²) in [7, 11) is 3.25. The number of benzene rings is 1. The summed E-state index contributed by atoms with van der Waals surface area (Å²) in [6.45, 7) is 0.256. The van der Waals surface area contributed by atoms with E-state index >= 15 is 0 Å². The predicted octanol–water partition coefficient (Wildman–Crippen LogP) is 2.58. The molecule has 0 aliphatic carbocycles. The zero-order chi connectivity index (χ0) is 10.6. The van der Waals surface area contributed by atoms with E-state index in [-0.39, 0.29) is 6.54 Å². The van der Waals surface area contributed by atoms with Crippen molar-refractivity contribution in [2.45, 2.75) is 6.17 Å². The molecule has 1 aromatic rings. The van der Waals surface area contributed by atoms with E-state index in [0.717, 1.165) is 0 Å². The van der Waals surface area contributed by atoms with Gasteiger partial charge in [-0.1, -0.05) is 17.7 Å². The van der Waals surface area contributed by atoms with Crippen LogP contribution < -0.4 is 10.1 Å². The lowest BCUT2D eigenvalue weighted by Gasteiger charge is -2.10. The van der Waals surface area contributed by atoms with Gasteiger partial charge in [0.05, 0.1) is 12.1 Å². The number of hydrogen-bond donors (Lipinski definition) is 1. The molecule has 78 valence electrons. The number of nitrogens with one attached hydrogen (secondary N) is 1. The van der Waals surface area contributed by atoms with Crippen molar-refractivity contribution < 1.29 is 9.13 Å². The number of halogens is 2. The summed E-state index contributed by atoms with van der Waals surface area (Å²) in [6.07, 6.45) is -1.08. The van der Waals surface area contributed by atoms with Crippen LogP contribution in [0.1, 0.15) is 11.7 Å². The predicted molar refractivity (Wildman–Crippen MR) is 55.8 cm³/mol. The minimum atomic E-state index is -1.08. The normalized spacial score (nSPS) is 12.6. The summed E-state index contributed by atoms with van der Waals surface area (Å²) in [6, 6.07) is 4.95. The first-order valence-corrected chi connectivity index (χ1v) is 4.69. The zero-order valence-corrected chi connectivity index (χ0v) is 8.94. The van der Waals surface area contributed by atoms with Crippen LogP contribution in [0, 0.1) is 0 Å². The largest absolute Gasteiger partial charge is 0.497 e. The van der Waals surface area contributed by atoms with Gasteiger partial charge in [-0.15, -0.1) is 0 Å². The Kier molecular flexibility index (Phi) is 4.17. The molecule has 1 atom stereocenters. The van der Waals surface area contributed by atoms with Crippen LogP contribution in [-0.2, 0) is 0 Å². The molecule has 0 heterocycles. The van der Waals surface area contributed by atoms with Crippen LogP contribution in [0.15, 0.2) is 18.2 Å². The summed E-state index contributed by atoms with van der Waals surface area (Å²) < 4.78 is 18.4. The van der Waals surface area contributed by atoms with Crippen LogP contribution >= 0.6 is 11.6 Å². The fourth-order valence-electron chi connectivity index (χ4n) is 1.18. The fourth-order valence-corrected chi connectivity index (χ4v) is 1.47. The quantitative estimate of drug-likeness (QED) is 0.837. The zero-order valence-electron chi connectivity index (χ0n) is 8.18. The van der Waals surface area contributed by atoms with Gasteiger partial charge < -0.3 is 10.1 Å². The monoisotopic (exact) mass is 217 g/mol. The number of likely N-dealkylation sites (N-methyl/N-ethyl adjacent to an activating group) is 1. The Morgan fingerprint density at radius 1 is 1.57 bits per heavy atom. The van der Waals surface area contributed by atoms with Gasteiger partial charge in [-0.3, -0.25) is 0 Å². The molecule has 0 radical (unpaired) electrons. The van der Waals surface area contributed by atoms with Gasteiger partial charge in [-0.25, -0.2) is 4.39 Å². The third-order valence-corrected chi connectivity index (χ3v) is 2.26. The van der Waals surface area contributed by atoms with E-state index in [1.807, 2.05) is 0 Å². The molecule has 0 saturated heterocycles. The SMILES string of the molecule is CNCC(F)c1ccc(OC)cc1Cl. The Bertz CT molecular complexity index is 306. The number of alkyl halides is 1. The molecular weight excluding hydrogens is 205 g/mol. The standard InChI is InChI=1S/C10H13ClFNO/c1-13-6-10(12)8-4-3-7(14-2)5-9(8)11/h3-5,10,13H,6H2,1-2H3. The molecule has 0 aromatic heterocycles. The molecule has 14 heavy (non-hydrogen) atoms. The van der Waals surface area contributed by atoms with Crippen molar-refractivity contribution in [2.75, 3.05) is 20.7 Å². The molecule has 1 N–H and O–H groups in total. The van der Waals surface area contributed by atoms with E-state index in [2.05, 4.69) is 5.32 Å². The molecular formula is C10H13ClFNO. The Balaban J connectivity index is 2.88. The highest BCUT2D eigenvalue weighted by Crippen LogP contribution is 2.28. The first-order chi connectivity index (χ1) is 6.69. The lowest BCUT2D eigenvalue weighted by atomic mass is 10.1. The van der Waals surface area contributed by atoms with E-state index in [9.17, 15) is 4.39 Å². The van der Waals surface area contributed by atoms with Crippen molar-refractivity contribution in [3.8, 4) is 5.75 Å². The molecule has 0 aliphatic heterocycles. The van der Waals surface area contributed by atoms with Crippen LogP contribution in [0.4, 0.5) is 4.39 Å². The first kappa shape index (κ1) is 11.3. The minimum absolute atomic E-state index is 0.256. The van der Waals surface area contributed by atoms with Crippen LogP contribution in [0.2, 0.25) is 5.02 Å². The minimum Gasteiger partial charge on any atom is -0.497 e. The summed E-state index contributed by atoms with van der Waals surface area (Å²) in [4.78, 5) is 0. The second-order valence-corrected chi connectivity index (χ2v) is 3.32. The van der Waals surface area contributed by atoms with Crippen LogP contribution in [0.5, 0.6) is 5.75 Å². The van der Waals surface area contributed by atoms with Gasteiger partial charge in [0.25, 0.3) is 0 Å². The number of hydrogen-bond acceptors (Lipinski definition) is 2. The maximum atomic E-state index is 13.4. The molecule has 0 saturated carbocycles. The molecule has 0 aliphatic rings. The van der Waals surface area contributed by atoms with E-state index in [1.54, 1.807) is 32.4 Å². The second kappa shape index (κ2) is 5.17. The van der Waals surface area contributed by atoms with Crippen molar-refractivity contribution in [3.05, 3.63) is 28.8 Å². The molecule has 1 unspecified atom stereocenters. The van der Waals surface area contributed by atoms with E-state index < -0.39 is 6.17 Å². The molecule has 1 rings (SSSR count). The summed E-state index contributed by atoms with van der Waals surface area (Å²) >= 11 is 5.89. The highest BCUT2D eigenvalue weighted by Gasteiger charge is 2.12. The van der Waals surface area contributed by atoms with Gasteiger partial charge in [-0.2, -0.15) is 0 Å². The fraction of sp³-hybridized carbons (Fsp3) is 0.400. The second-order valence-electron chi connectivity index (χ2n) is 2.91. The van der Waals surface area contributed by atoms with Gasteiger partial charge in [0, 0.05) is 12.1 Å². The molecule has 4 heteroatoms. The number of rotatable bonds is 4. The van der Waals surface area contributed by atoms with Crippen molar-refractivity contribution in [3.63, 3.8) is 0 Å². The summed E-state index contributed by atoms with van der Waals surface area (Å²) in [5, 5.41) is 3.15. The van der Waals surface area contributed by atoms with Gasteiger partial charge >= 0.3 is 0 Å². The molecule has 0 spiro atoms. The summed E-state index contributed by atoms with van der Waals surface area (Å²) in [5.74, 6) is 0.635. The lowest BCUT2D eigenvalue weighted by molar-refractivity contribution is 0.335. The first-order valence-electron chi connectivity index (χ1n) is 4.31. The highest BCUT2D eigenvalue weighted by atomic mass is 35.5. The third kappa shape index (κ3) is 2.59. The maximum Gasteiger partial charge on any atom is 0.139 e. The van der Waals surface area contributed by atoms with Gasteiger partial charge in [-0.05, 0) is 19.2 Å². The molecule has 0 bridgehead atoms. The van der Waals surface area contributed by atoms with Crippen LogP contribution in [0.25, 0.3) is 0 Å². The van der Waals surface area contributed by atoms with E-state index in [0.29, 0.717) is 16.3 Å². The third-order valence-electron chi connectivity index (χ3n) is 1.93. The topological polar surface area (TPSA) is 21.3 Å². The van der Waals surface area contributed by atoms with Crippen molar-refractivity contribution in [1.82, 2.24) is 5.32 Å². The average molecular weight is 218 g/mol. The molecule has 0 amide bonds. The number of ether oxygens (including phenoxy) is 1. The van der Waals surface area contributed by atoms with Crippen molar-refractivity contribution >= 4 is 11.6 Å². The van der Waals surface area contributed by atoms with Crippen molar-refractivity contribution in [1.29, 1.82) is 0 Å². The highest BCUT2D eigenvalue weighted by molar-refractivity contribution is 6.31. The Morgan fingerprint density at radius 2 is 2.29 bits per heavy atom. The van der Waals surface area contributed by atoms with E-state index in [4.69, 9.17) is 16.3 Å². The molecule has 1 aromatic carbocycles. The van der Waals surface area contributed by atoms with Crippen LogP contribution in [0.3, 0.4) is 0 Å². The van der Waals surface area contributed by atoms with Gasteiger partial charge in [0.1, 0.15) is 11.9 Å².